The first-order valence-corrected chi connectivity index (χ1v) is 7.14. The zero-order chi connectivity index (χ0) is 13.1. The predicted molar refractivity (Wildman–Crippen MR) is 74.8 cm³/mol. The molecule has 0 radical (unpaired) electrons. The van der Waals surface area contributed by atoms with Crippen LogP contribution >= 0.6 is 15.9 Å². The van der Waals surface area contributed by atoms with E-state index in [9.17, 15) is 0 Å². The summed E-state index contributed by atoms with van der Waals surface area (Å²) in [6, 6.07) is 8.65. The fourth-order valence-corrected chi connectivity index (χ4v) is 1.96. The van der Waals surface area contributed by atoms with Gasteiger partial charge in [0.2, 0.25) is 0 Å². The minimum atomic E-state index is 0.329. The van der Waals surface area contributed by atoms with Gasteiger partial charge in [0.25, 0.3) is 0 Å². The molecule has 1 aromatic carbocycles. The second kappa shape index (κ2) is 5.75. The number of aromatic nitrogens is 1. The smallest absolute Gasteiger partial charge is 0.394 e. The third-order valence-corrected chi connectivity index (χ3v) is 3.48. The van der Waals surface area contributed by atoms with Crippen LogP contribution in [0, 0.1) is 0 Å². The molecule has 1 aliphatic carbocycles. The first-order chi connectivity index (χ1) is 9.29. The van der Waals surface area contributed by atoms with Gasteiger partial charge in [-0.2, -0.15) is 4.98 Å². The summed E-state index contributed by atoms with van der Waals surface area (Å²) in [5, 5.41) is 3.38. The first-order valence-electron chi connectivity index (χ1n) is 6.34. The minimum absolute atomic E-state index is 0.329. The van der Waals surface area contributed by atoms with Crippen LogP contribution in [0.25, 0.3) is 0 Å². The lowest BCUT2D eigenvalue weighted by Crippen LogP contribution is -2.15. The Labute approximate surface area is 120 Å². The highest BCUT2D eigenvalue weighted by molar-refractivity contribution is 9.10. The van der Waals surface area contributed by atoms with Gasteiger partial charge in [0, 0.05) is 17.1 Å². The summed E-state index contributed by atoms with van der Waals surface area (Å²) in [6.07, 6.45) is 4.51. The molecule has 5 heteroatoms. The zero-order valence-electron chi connectivity index (χ0n) is 10.4. The number of rotatable bonds is 6. The van der Waals surface area contributed by atoms with E-state index in [-0.39, 0.29) is 0 Å². The molecule has 1 fully saturated rings. The number of ether oxygens (including phenoxy) is 1. The lowest BCUT2D eigenvalue weighted by atomic mass is 10.2. The fraction of sp³-hybridized carbons (Fsp3) is 0.357. The highest BCUT2D eigenvalue weighted by Crippen LogP contribution is 2.20. The lowest BCUT2D eigenvalue weighted by Gasteiger charge is -2.01. The van der Waals surface area contributed by atoms with Crippen LogP contribution in [0.4, 0.5) is 0 Å². The van der Waals surface area contributed by atoms with Crippen LogP contribution in [0.2, 0.25) is 0 Å². The molecule has 0 saturated heterocycles. The van der Waals surface area contributed by atoms with Gasteiger partial charge in [-0.15, -0.1) is 0 Å². The van der Waals surface area contributed by atoms with E-state index >= 15 is 0 Å². The molecule has 1 saturated carbocycles. The molecule has 0 bridgehead atoms. The summed E-state index contributed by atoms with van der Waals surface area (Å²) in [5.41, 5.74) is 1.97. The van der Waals surface area contributed by atoms with E-state index in [0.29, 0.717) is 18.7 Å². The highest BCUT2D eigenvalue weighted by Gasteiger charge is 2.20. The summed E-state index contributed by atoms with van der Waals surface area (Å²) in [7, 11) is 0. The van der Waals surface area contributed by atoms with Crippen molar-refractivity contribution in [2.75, 3.05) is 0 Å². The Morgan fingerprint density at radius 3 is 2.84 bits per heavy atom. The highest BCUT2D eigenvalue weighted by atomic mass is 79.9. The maximum absolute atomic E-state index is 5.51. The number of oxazole rings is 1. The van der Waals surface area contributed by atoms with Crippen LogP contribution in [-0.2, 0) is 13.2 Å². The molecule has 2 aromatic rings. The third-order valence-electron chi connectivity index (χ3n) is 2.96. The normalized spacial score (nSPS) is 14.6. The molecule has 19 heavy (non-hydrogen) atoms. The molecule has 100 valence electrons. The van der Waals surface area contributed by atoms with Gasteiger partial charge in [0.1, 0.15) is 12.9 Å². The van der Waals surface area contributed by atoms with E-state index in [4.69, 9.17) is 9.15 Å². The Morgan fingerprint density at radius 1 is 1.32 bits per heavy atom. The van der Waals surface area contributed by atoms with Crippen LogP contribution in [0.5, 0.6) is 6.08 Å². The van der Waals surface area contributed by atoms with Crippen LogP contribution in [0.15, 0.2) is 39.4 Å². The number of nitrogens with one attached hydrogen (secondary N) is 1. The Hall–Kier alpha value is -1.33. The quantitative estimate of drug-likeness (QED) is 0.886. The third kappa shape index (κ3) is 3.81. The first kappa shape index (κ1) is 12.7. The summed E-state index contributed by atoms with van der Waals surface area (Å²) >= 11 is 3.40. The van der Waals surface area contributed by atoms with Gasteiger partial charge < -0.3 is 14.5 Å². The van der Waals surface area contributed by atoms with E-state index in [1.807, 2.05) is 24.3 Å². The van der Waals surface area contributed by atoms with Crippen molar-refractivity contribution in [2.24, 2.45) is 0 Å². The maximum Gasteiger partial charge on any atom is 0.394 e. The maximum atomic E-state index is 5.51. The van der Waals surface area contributed by atoms with Crippen molar-refractivity contribution in [3.8, 4) is 6.08 Å². The summed E-state index contributed by atoms with van der Waals surface area (Å²) in [6.45, 7) is 1.21. The second-order valence-corrected chi connectivity index (χ2v) is 5.59. The van der Waals surface area contributed by atoms with Gasteiger partial charge in [-0.05, 0) is 30.5 Å². The van der Waals surface area contributed by atoms with E-state index < -0.39 is 0 Å². The molecule has 0 amide bonds. The number of hydrogen-bond donors (Lipinski definition) is 1. The van der Waals surface area contributed by atoms with Gasteiger partial charge in [-0.25, -0.2) is 0 Å². The second-order valence-electron chi connectivity index (χ2n) is 4.68. The Morgan fingerprint density at radius 2 is 2.11 bits per heavy atom. The average molecular weight is 323 g/mol. The van der Waals surface area contributed by atoms with Crippen molar-refractivity contribution in [2.45, 2.75) is 32.0 Å². The standard InChI is InChI=1S/C14H15BrN2O2/c15-11-3-1-10(2-4-11)8-18-14-17-13(9-19-14)7-16-12-5-6-12/h1-4,9,12,16H,5-8H2. The van der Waals surface area contributed by atoms with Crippen molar-refractivity contribution in [1.29, 1.82) is 0 Å². The molecular weight excluding hydrogens is 308 g/mol. The van der Waals surface area contributed by atoms with Crippen molar-refractivity contribution >= 4 is 15.9 Å². The van der Waals surface area contributed by atoms with Crippen LogP contribution in [-0.4, -0.2) is 11.0 Å². The SMILES string of the molecule is Brc1ccc(COc2nc(CNC3CC3)co2)cc1. The lowest BCUT2D eigenvalue weighted by molar-refractivity contribution is 0.220. The minimum Gasteiger partial charge on any atom is -0.445 e. The number of benzene rings is 1. The molecule has 0 aliphatic heterocycles. The molecule has 1 aromatic heterocycles. The monoisotopic (exact) mass is 322 g/mol. The van der Waals surface area contributed by atoms with Gasteiger partial charge in [-0.1, -0.05) is 28.1 Å². The van der Waals surface area contributed by atoms with Gasteiger partial charge in [0.15, 0.2) is 0 Å². The van der Waals surface area contributed by atoms with Crippen molar-refractivity contribution in [1.82, 2.24) is 10.3 Å². The Balaban J connectivity index is 1.50. The average Bonchev–Trinajstić information content (AvgIpc) is 3.15. The number of hydrogen-bond acceptors (Lipinski definition) is 4. The van der Waals surface area contributed by atoms with E-state index in [1.165, 1.54) is 12.8 Å². The summed E-state index contributed by atoms with van der Waals surface area (Å²) in [5.74, 6) is 0. The molecule has 1 heterocycles. The van der Waals surface area contributed by atoms with E-state index in [2.05, 4.69) is 26.2 Å². The summed E-state index contributed by atoms with van der Waals surface area (Å²) in [4.78, 5) is 4.28. The van der Waals surface area contributed by atoms with E-state index in [1.54, 1.807) is 6.26 Å². The van der Waals surface area contributed by atoms with Crippen LogP contribution in [0.3, 0.4) is 0 Å². The Kier molecular flexibility index (Phi) is 3.84. The Bertz CT molecular complexity index is 535. The van der Waals surface area contributed by atoms with Crippen molar-refractivity contribution < 1.29 is 9.15 Å². The largest absolute Gasteiger partial charge is 0.445 e. The summed E-state index contributed by atoms with van der Waals surface area (Å²) < 4.78 is 11.9. The number of halogens is 1. The fourth-order valence-electron chi connectivity index (χ4n) is 1.70. The van der Waals surface area contributed by atoms with Crippen molar-refractivity contribution in [3.05, 3.63) is 46.3 Å². The van der Waals surface area contributed by atoms with Gasteiger partial charge in [0.05, 0.1) is 5.69 Å². The molecule has 3 rings (SSSR count). The molecular formula is C14H15BrN2O2. The van der Waals surface area contributed by atoms with Gasteiger partial charge in [-0.3, -0.25) is 0 Å². The molecule has 0 atom stereocenters. The van der Waals surface area contributed by atoms with Gasteiger partial charge >= 0.3 is 6.08 Å². The van der Waals surface area contributed by atoms with Crippen molar-refractivity contribution in [3.63, 3.8) is 0 Å². The number of nitrogens with zero attached hydrogens (tertiary/aromatic N) is 1. The topological polar surface area (TPSA) is 47.3 Å². The molecule has 0 unspecified atom stereocenters. The zero-order valence-corrected chi connectivity index (χ0v) is 12.0. The predicted octanol–water partition coefficient (Wildman–Crippen LogP) is 3.27. The van der Waals surface area contributed by atoms with Crippen LogP contribution in [0.1, 0.15) is 24.1 Å². The molecule has 0 spiro atoms. The molecule has 1 N–H and O–H groups in total. The van der Waals surface area contributed by atoms with E-state index in [0.717, 1.165) is 22.3 Å². The molecule has 4 nitrogen and oxygen atoms in total. The molecule has 1 aliphatic rings. The van der Waals surface area contributed by atoms with Crippen LogP contribution < -0.4 is 10.1 Å².